The number of amides is 2. The van der Waals surface area contributed by atoms with Crippen molar-refractivity contribution in [1.29, 1.82) is 0 Å². The number of nitrogens with zero attached hydrogens (tertiary/aromatic N) is 2. The van der Waals surface area contributed by atoms with Crippen molar-refractivity contribution < 1.29 is 9.59 Å². The Kier molecular flexibility index (Phi) is 3.59. The van der Waals surface area contributed by atoms with Gasteiger partial charge >= 0.3 is 0 Å². The minimum Gasteiger partial charge on any atom is -0.288 e. The monoisotopic (exact) mass is 336 g/mol. The maximum atomic E-state index is 12.4. The van der Waals surface area contributed by atoms with Crippen LogP contribution in [-0.4, -0.2) is 40.8 Å². The van der Waals surface area contributed by atoms with E-state index in [0.29, 0.717) is 0 Å². The molecule has 0 unspecified atom stereocenters. The summed E-state index contributed by atoms with van der Waals surface area (Å²) in [6, 6.07) is 6.11. The first-order chi connectivity index (χ1) is 9.90. The van der Waals surface area contributed by atoms with Gasteiger partial charge in [0.15, 0.2) is 5.11 Å². The first kappa shape index (κ1) is 14.6. The third-order valence-electron chi connectivity index (χ3n) is 3.32. The third-order valence-corrected chi connectivity index (χ3v) is 6.41. The van der Waals surface area contributed by atoms with E-state index >= 15 is 0 Å². The minimum absolute atomic E-state index is 0.206. The number of carbonyl (C=O) groups excluding carboxylic acids is 2. The molecule has 2 aliphatic rings. The van der Waals surface area contributed by atoms with Crippen LogP contribution in [0, 0.1) is 6.92 Å². The molecule has 4 nitrogen and oxygen atoms in total. The molecule has 0 aliphatic carbocycles. The highest BCUT2D eigenvalue weighted by Crippen LogP contribution is 2.53. The summed E-state index contributed by atoms with van der Waals surface area (Å²) in [5, 5.41) is 0.232. The van der Waals surface area contributed by atoms with Crippen molar-refractivity contribution in [2.24, 2.45) is 0 Å². The van der Waals surface area contributed by atoms with Crippen LogP contribution in [0.25, 0.3) is 0 Å². The Balaban J connectivity index is 2.05. The predicted octanol–water partition coefficient (Wildman–Crippen LogP) is 2.62. The number of thioether (sulfide) groups is 2. The topological polar surface area (TPSA) is 40.6 Å². The molecule has 1 saturated heterocycles. The molecule has 0 bridgehead atoms. The van der Waals surface area contributed by atoms with Gasteiger partial charge in [0.25, 0.3) is 11.8 Å². The van der Waals surface area contributed by atoms with Gasteiger partial charge in [0, 0.05) is 23.9 Å². The molecule has 1 fully saturated rings. The molecule has 21 heavy (non-hydrogen) atoms. The third kappa shape index (κ3) is 2.29. The molecule has 0 N–H and O–H groups in total. The summed E-state index contributed by atoms with van der Waals surface area (Å²) < 4.78 is 0.729. The van der Waals surface area contributed by atoms with Gasteiger partial charge in [-0.2, -0.15) is 0 Å². The van der Waals surface area contributed by atoms with Gasteiger partial charge in [0.2, 0.25) is 0 Å². The molecule has 2 heterocycles. The molecule has 0 radical (unpaired) electrons. The molecule has 108 valence electrons. The Morgan fingerprint density at radius 2 is 1.57 bits per heavy atom. The molecular formula is C14H12N2O2S3. The van der Waals surface area contributed by atoms with Crippen LogP contribution in [0.2, 0.25) is 0 Å². The Labute approximate surface area is 136 Å². The van der Waals surface area contributed by atoms with Gasteiger partial charge in [0.05, 0.1) is 4.24 Å². The van der Waals surface area contributed by atoms with E-state index in [9.17, 15) is 9.59 Å². The summed E-state index contributed by atoms with van der Waals surface area (Å²) in [6.07, 6.45) is 0. The van der Waals surface area contributed by atoms with Gasteiger partial charge in [-0.05, 0) is 36.8 Å². The Morgan fingerprint density at radius 3 is 2.19 bits per heavy atom. The quantitative estimate of drug-likeness (QED) is 0.414. The standard InChI is InChI=1S/C14H12N2O2S3/c1-7-4-5-8-9(6-7)21-13(20-8)10-11(17)15(2)14(19)16(3)12(10)18/h4-6H,1-3H3. The van der Waals surface area contributed by atoms with Crippen molar-refractivity contribution in [3.8, 4) is 0 Å². The van der Waals surface area contributed by atoms with E-state index in [-0.39, 0.29) is 22.5 Å². The second kappa shape index (κ2) is 5.15. The molecule has 2 amide bonds. The normalized spacial score (nSPS) is 18.7. The maximum Gasteiger partial charge on any atom is 0.267 e. The molecule has 0 spiro atoms. The minimum atomic E-state index is -0.331. The lowest BCUT2D eigenvalue weighted by Gasteiger charge is -2.32. The van der Waals surface area contributed by atoms with E-state index in [2.05, 4.69) is 6.07 Å². The molecule has 0 saturated carbocycles. The molecule has 3 rings (SSSR count). The highest BCUT2D eigenvalue weighted by atomic mass is 32.2. The maximum absolute atomic E-state index is 12.4. The number of benzene rings is 1. The summed E-state index contributed by atoms with van der Waals surface area (Å²) in [5.74, 6) is -0.662. The Bertz CT molecular complexity index is 701. The fourth-order valence-corrected chi connectivity index (χ4v) is 4.89. The average Bonchev–Trinajstić information content (AvgIpc) is 2.85. The number of rotatable bonds is 0. The van der Waals surface area contributed by atoms with Crippen molar-refractivity contribution >= 4 is 52.7 Å². The van der Waals surface area contributed by atoms with Crippen LogP contribution in [0.5, 0.6) is 0 Å². The summed E-state index contributed by atoms with van der Waals surface area (Å²) >= 11 is 8.04. The van der Waals surface area contributed by atoms with E-state index in [1.807, 2.05) is 19.1 Å². The van der Waals surface area contributed by atoms with E-state index in [4.69, 9.17) is 12.2 Å². The van der Waals surface area contributed by atoms with Gasteiger partial charge in [0.1, 0.15) is 5.57 Å². The van der Waals surface area contributed by atoms with Crippen molar-refractivity contribution in [3.05, 3.63) is 33.6 Å². The van der Waals surface area contributed by atoms with Gasteiger partial charge in [-0.3, -0.25) is 19.4 Å². The van der Waals surface area contributed by atoms with Crippen LogP contribution < -0.4 is 0 Å². The van der Waals surface area contributed by atoms with Gasteiger partial charge in [-0.25, -0.2) is 0 Å². The fourth-order valence-electron chi connectivity index (χ4n) is 2.10. The zero-order valence-electron chi connectivity index (χ0n) is 11.7. The predicted molar refractivity (Wildman–Crippen MR) is 88.1 cm³/mol. The molecule has 2 aliphatic heterocycles. The molecule has 1 aromatic carbocycles. The van der Waals surface area contributed by atoms with Crippen LogP contribution in [0.3, 0.4) is 0 Å². The lowest BCUT2D eigenvalue weighted by molar-refractivity contribution is -0.132. The SMILES string of the molecule is Cc1ccc2c(c1)SC(=C1C(=O)N(C)C(=S)N(C)C1=O)S2. The van der Waals surface area contributed by atoms with Crippen LogP contribution >= 0.6 is 35.7 Å². The number of aryl methyl sites for hydroxylation is 1. The Morgan fingerprint density at radius 1 is 1.00 bits per heavy atom. The van der Waals surface area contributed by atoms with E-state index in [0.717, 1.165) is 19.6 Å². The van der Waals surface area contributed by atoms with Crippen LogP contribution in [0.4, 0.5) is 0 Å². The fraction of sp³-hybridized carbons (Fsp3) is 0.214. The van der Waals surface area contributed by atoms with E-state index in [1.54, 1.807) is 14.1 Å². The van der Waals surface area contributed by atoms with E-state index < -0.39 is 0 Å². The summed E-state index contributed by atoms with van der Waals surface area (Å²) in [4.78, 5) is 29.7. The second-order valence-electron chi connectivity index (χ2n) is 4.83. The highest BCUT2D eigenvalue weighted by molar-refractivity contribution is 8.24. The molecule has 0 aromatic heterocycles. The molecule has 0 atom stereocenters. The van der Waals surface area contributed by atoms with Gasteiger partial charge in [-0.15, -0.1) is 0 Å². The summed E-state index contributed by atoms with van der Waals surface area (Å²) in [7, 11) is 3.19. The lowest BCUT2D eigenvalue weighted by atomic mass is 10.2. The number of likely N-dealkylation sites (N-methyl/N-ethyl adjacent to an activating group) is 2. The first-order valence-electron chi connectivity index (χ1n) is 6.21. The Hall–Kier alpha value is -1.31. The number of fused-ring (bicyclic) bond motifs is 1. The molecule has 7 heteroatoms. The molecule has 1 aromatic rings. The van der Waals surface area contributed by atoms with Crippen molar-refractivity contribution in [2.45, 2.75) is 16.7 Å². The van der Waals surface area contributed by atoms with E-state index in [1.165, 1.54) is 33.3 Å². The summed E-state index contributed by atoms with van der Waals surface area (Å²) in [5.41, 5.74) is 1.36. The van der Waals surface area contributed by atoms with Crippen LogP contribution in [0.1, 0.15) is 5.56 Å². The number of thiocarbonyl (C=S) groups is 1. The summed E-state index contributed by atoms with van der Waals surface area (Å²) in [6.45, 7) is 2.02. The zero-order chi connectivity index (χ0) is 15.3. The zero-order valence-corrected chi connectivity index (χ0v) is 14.1. The smallest absolute Gasteiger partial charge is 0.267 e. The lowest BCUT2D eigenvalue weighted by Crippen LogP contribution is -2.53. The van der Waals surface area contributed by atoms with Crippen molar-refractivity contribution in [1.82, 2.24) is 9.80 Å². The first-order valence-corrected chi connectivity index (χ1v) is 8.25. The van der Waals surface area contributed by atoms with Gasteiger partial charge < -0.3 is 0 Å². The average molecular weight is 336 g/mol. The largest absolute Gasteiger partial charge is 0.288 e. The van der Waals surface area contributed by atoms with Gasteiger partial charge in [-0.1, -0.05) is 29.6 Å². The second-order valence-corrected chi connectivity index (χ2v) is 7.56. The number of carbonyl (C=O) groups is 2. The highest BCUT2D eigenvalue weighted by Gasteiger charge is 2.39. The van der Waals surface area contributed by atoms with Crippen LogP contribution in [-0.2, 0) is 9.59 Å². The molecular weight excluding hydrogens is 324 g/mol. The van der Waals surface area contributed by atoms with Crippen molar-refractivity contribution in [2.75, 3.05) is 14.1 Å². The van der Waals surface area contributed by atoms with Crippen LogP contribution in [0.15, 0.2) is 37.8 Å². The number of hydrogen-bond donors (Lipinski definition) is 0. The van der Waals surface area contributed by atoms with Crippen molar-refractivity contribution in [3.63, 3.8) is 0 Å². The number of hydrogen-bond acceptors (Lipinski definition) is 5.